The summed E-state index contributed by atoms with van der Waals surface area (Å²) in [4.78, 5) is 25.7. The summed E-state index contributed by atoms with van der Waals surface area (Å²) >= 11 is 0. The number of nitrogens with zero attached hydrogens (tertiary/aromatic N) is 1. The topological polar surface area (TPSA) is 67.9 Å². The molecule has 0 aliphatic carbocycles. The molecule has 0 unspecified atom stereocenters. The standard InChI is InChI=1S/C20H23FN2O4/c1-14(24)23(18-9-8-17(26-2)12-19(18)27-3)11-10-20(25)22-13-15-4-6-16(21)7-5-15/h4-9,12H,10-11,13H2,1-3H3,(H,22,25). The van der Waals surface area contributed by atoms with Crippen molar-refractivity contribution in [3.63, 3.8) is 0 Å². The van der Waals surface area contributed by atoms with Gasteiger partial charge in [-0.3, -0.25) is 9.59 Å². The Labute approximate surface area is 157 Å². The highest BCUT2D eigenvalue weighted by atomic mass is 19.1. The fraction of sp³-hybridized carbons (Fsp3) is 0.300. The number of methoxy groups -OCH3 is 2. The number of carbonyl (C=O) groups is 2. The summed E-state index contributed by atoms with van der Waals surface area (Å²) in [5.74, 6) is 0.353. The second-order valence-corrected chi connectivity index (χ2v) is 5.86. The molecule has 0 saturated carbocycles. The quantitative estimate of drug-likeness (QED) is 0.772. The fourth-order valence-corrected chi connectivity index (χ4v) is 2.56. The normalized spacial score (nSPS) is 10.2. The lowest BCUT2D eigenvalue weighted by molar-refractivity contribution is -0.121. The molecule has 7 heteroatoms. The molecule has 0 atom stereocenters. The number of anilines is 1. The van der Waals surface area contributed by atoms with E-state index in [2.05, 4.69) is 5.32 Å². The van der Waals surface area contributed by atoms with E-state index in [4.69, 9.17) is 9.47 Å². The number of amides is 2. The third-order valence-electron chi connectivity index (χ3n) is 4.02. The summed E-state index contributed by atoms with van der Waals surface area (Å²) in [5, 5.41) is 2.76. The van der Waals surface area contributed by atoms with E-state index in [-0.39, 0.29) is 30.6 Å². The average molecular weight is 374 g/mol. The maximum absolute atomic E-state index is 12.9. The van der Waals surface area contributed by atoms with E-state index < -0.39 is 0 Å². The second-order valence-electron chi connectivity index (χ2n) is 5.86. The Bertz CT molecular complexity index is 793. The molecule has 144 valence electrons. The van der Waals surface area contributed by atoms with Gasteiger partial charge in [-0.25, -0.2) is 4.39 Å². The molecule has 0 bridgehead atoms. The van der Waals surface area contributed by atoms with Crippen LogP contribution in [-0.2, 0) is 16.1 Å². The van der Waals surface area contributed by atoms with E-state index in [1.54, 1.807) is 37.4 Å². The lowest BCUT2D eigenvalue weighted by atomic mass is 10.2. The molecule has 0 heterocycles. The highest BCUT2D eigenvalue weighted by molar-refractivity contribution is 5.94. The van der Waals surface area contributed by atoms with Crippen LogP contribution in [0.15, 0.2) is 42.5 Å². The maximum atomic E-state index is 12.9. The van der Waals surface area contributed by atoms with Gasteiger partial charge in [0.05, 0.1) is 19.9 Å². The second kappa shape index (κ2) is 9.56. The average Bonchev–Trinajstić information content (AvgIpc) is 2.67. The van der Waals surface area contributed by atoms with Gasteiger partial charge in [0.2, 0.25) is 11.8 Å². The number of benzene rings is 2. The zero-order valence-electron chi connectivity index (χ0n) is 15.6. The SMILES string of the molecule is COc1ccc(N(CCC(=O)NCc2ccc(F)cc2)C(C)=O)c(OC)c1. The lowest BCUT2D eigenvalue weighted by Gasteiger charge is -2.23. The van der Waals surface area contributed by atoms with Gasteiger partial charge in [-0.1, -0.05) is 12.1 Å². The monoisotopic (exact) mass is 374 g/mol. The Morgan fingerprint density at radius 1 is 1.07 bits per heavy atom. The third kappa shape index (κ3) is 5.70. The molecule has 0 aliphatic rings. The first-order valence-electron chi connectivity index (χ1n) is 8.46. The Morgan fingerprint density at radius 3 is 2.37 bits per heavy atom. The van der Waals surface area contributed by atoms with Crippen molar-refractivity contribution in [2.75, 3.05) is 25.7 Å². The summed E-state index contributed by atoms with van der Waals surface area (Å²) < 4.78 is 23.4. The van der Waals surface area contributed by atoms with Crippen LogP contribution >= 0.6 is 0 Å². The molecular formula is C20H23FN2O4. The van der Waals surface area contributed by atoms with E-state index in [1.807, 2.05) is 0 Å². The van der Waals surface area contributed by atoms with Crippen LogP contribution in [0, 0.1) is 5.82 Å². The first kappa shape index (κ1) is 20.2. The van der Waals surface area contributed by atoms with Crippen molar-refractivity contribution in [1.82, 2.24) is 5.32 Å². The van der Waals surface area contributed by atoms with E-state index in [0.717, 1.165) is 5.56 Å². The Hall–Kier alpha value is -3.09. The zero-order chi connectivity index (χ0) is 19.8. The minimum absolute atomic E-state index is 0.121. The van der Waals surface area contributed by atoms with Gasteiger partial charge in [0.1, 0.15) is 17.3 Å². The highest BCUT2D eigenvalue weighted by Crippen LogP contribution is 2.32. The molecule has 0 saturated heterocycles. The van der Waals surface area contributed by atoms with E-state index >= 15 is 0 Å². The van der Waals surface area contributed by atoms with Crippen LogP contribution in [0.4, 0.5) is 10.1 Å². The van der Waals surface area contributed by atoms with Gasteiger partial charge in [0, 0.05) is 32.5 Å². The number of ether oxygens (including phenoxy) is 2. The van der Waals surface area contributed by atoms with Crippen molar-refractivity contribution in [2.24, 2.45) is 0 Å². The molecule has 0 aromatic heterocycles. The van der Waals surface area contributed by atoms with Gasteiger partial charge in [-0.15, -0.1) is 0 Å². The van der Waals surface area contributed by atoms with Gasteiger partial charge >= 0.3 is 0 Å². The number of carbonyl (C=O) groups excluding carboxylic acids is 2. The first-order valence-corrected chi connectivity index (χ1v) is 8.46. The van der Waals surface area contributed by atoms with Crippen molar-refractivity contribution < 1.29 is 23.5 Å². The molecule has 0 spiro atoms. The van der Waals surface area contributed by atoms with Crippen molar-refractivity contribution in [3.8, 4) is 11.5 Å². The zero-order valence-corrected chi connectivity index (χ0v) is 15.6. The molecule has 2 aromatic rings. The van der Waals surface area contributed by atoms with Crippen molar-refractivity contribution in [1.29, 1.82) is 0 Å². The van der Waals surface area contributed by atoms with Crippen molar-refractivity contribution >= 4 is 17.5 Å². The minimum atomic E-state index is -0.324. The van der Waals surface area contributed by atoms with Gasteiger partial charge < -0.3 is 19.7 Å². The predicted molar refractivity (Wildman–Crippen MR) is 100 cm³/mol. The summed E-state index contributed by atoms with van der Waals surface area (Å²) in [5.41, 5.74) is 1.36. The lowest BCUT2D eigenvalue weighted by Crippen LogP contribution is -2.34. The smallest absolute Gasteiger partial charge is 0.223 e. The molecule has 2 aromatic carbocycles. The van der Waals surface area contributed by atoms with Crippen LogP contribution in [0.3, 0.4) is 0 Å². The number of rotatable bonds is 8. The summed E-state index contributed by atoms with van der Waals surface area (Å²) in [7, 11) is 3.05. The molecule has 0 aliphatic heterocycles. The number of hydrogen-bond donors (Lipinski definition) is 1. The molecule has 6 nitrogen and oxygen atoms in total. The molecule has 2 rings (SSSR count). The Kier molecular flexibility index (Phi) is 7.16. The summed E-state index contributed by atoms with van der Waals surface area (Å²) in [6, 6.07) is 11.0. The number of hydrogen-bond acceptors (Lipinski definition) is 4. The van der Waals surface area contributed by atoms with E-state index in [9.17, 15) is 14.0 Å². The van der Waals surface area contributed by atoms with Crippen LogP contribution in [0.1, 0.15) is 18.9 Å². The van der Waals surface area contributed by atoms with Crippen LogP contribution in [0.25, 0.3) is 0 Å². The molecular weight excluding hydrogens is 351 g/mol. The Morgan fingerprint density at radius 2 is 1.78 bits per heavy atom. The van der Waals surface area contributed by atoms with E-state index in [1.165, 1.54) is 31.1 Å². The first-order chi connectivity index (χ1) is 12.9. The number of nitrogens with one attached hydrogen (secondary N) is 1. The van der Waals surface area contributed by atoms with Crippen LogP contribution in [-0.4, -0.2) is 32.6 Å². The highest BCUT2D eigenvalue weighted by Gasteiger charge is 2.18. The molecule has 1 N–H and O–H groups in total. The largest absolute Gasteiger partial charge is 0.497 e. The third-order valence-corrected chi connectivity index (χ3v) is 4.02. The molecule has 27 heavy (non-hydrogen) atoms. The van der Waals surface area contributed by atoms with Crippen LogP contribution in [0.2, 0.25) is 0 Å². The molecule has 0 fully saturated rings. The molecule has 2 amide bonds. The predicted octanol–water partition coefficient (Wildman–Crippen LogP) is 2.90. The van der Waals surface area contributed by atoms with Gasteiger partial charge in [-0.2, -0.15) is 0 Å². The molecule has 0 radical (unpaired) electrons. The summed E-state index contributed by atoms with van der Waals surface area (Å²) in [6.07, 6.45) is 0.121. The van der Waals surface area contributed by atoms with E-state index in [0.29, 0.717) is 23.7 Å². The van der Waals surface area contributed by atoms with Crippen molar-refractivity contribution in [2.45, 2.75) is 19.9 Å². The fourth-order valence-electron chi connectivity index (χ4n) is 2.56. The van der Waals surface area contributed by atoms with Gasteiger partial charge in [0.15, 0.2) is 0 Å². The van der Waals surface area contributed by atoms with Gasteiger partial charge in [0.25, 0.3) is 0 Å². The van der Waals surface area contributed by atoms with Crippen molar-refractivity contribution in [3.05, 3.63) is 53.8 Å². The minimum Gasteiger partial charge on any atom is -0.497 e. The van der Waals surface area contributed by atoms with Crippen LogP contribution in [0.5, 0.6) is 11.5 Å². The van der Waals surface area contributed by atoms with Gasteiger partial charge in [-0.05, 0) is 29.8 Å². The maximum Gasteiger partial charge on any atom is 0.223 e. The van der Waals surface area contributed by atoms with Crippen LogP contribution < -0.4 is 19.7 Å². The summed E-state index contributed by atoms with van der Waals surface area (Å²) in [6.45, 7) is 1.93. The Balaban J connectivity index is 1.99. The number of halogens is 1.